The fourth-order valence-corrected chi connectivity index (χ4v) is 3.20. The second-order valence-corrected chi connectivity index (χ2v) is 6.35. The summed E-state index contributed by atoms with van der Waals surface area (Å²) in [6, 6.07) is 9.46. The van der Waals surface area contributed by atoms with Crippen molar-refractivity contribution in [3.63, 3.8) is 0 Å². The van der Waals surface area contributed by atoms with E-state index in [1.54, 1.807) is 0 Å². The molecule has 5 nitrogen and oxygen atoms in total. The molecule has 1 heterocycles. The van der Waals surface area contributed by atoms with Crippen LogP contribution in [0.1, 0.15) is 35.1 Å². The first-order valence-electron chi connectivity index (χ1n) is 7.57. The van der Waals surface area contributed by atoms with Crippen molar-refractivity contribution in [1.29, 1.82) is 0 Å². The normalized spacial score (nSPS) is 12.1. The molecule has 0 bridgehead atoms. The molecule has 124 valence electrons. The number of aliphatic hydroxyl groups excluding tert-OH is 1. The van der Waals surface area contributed by atoms with Crippen LogP contribution in [0.3, 0.4) is 0 Å². The minimum absolute atomic E-state index is 0.0259. The molecule has 0 fully saturated rings. The van der Waals surface area contributed by atoms with Crippen molar-refractivity contribution in [2.24, 2.45) is 0 Å². The molecule has 1 amide bonds. The number of aryl methyl sites for hydroxylation is 2. The van der Waals surface area contributed by atoms with E-state index in [9.17, 15) is 9.90 Å². The Morgan fingerprint density at radius 3 is 2.74 bits per heavy atom. The van der Waals surface area contributed by atoms with Gasteiger partial charge in [0.25, 0.3) is 0 Å². The van der Waals surface area contributed by atoms with Crippen molar-refractivity contribution in [3.05, 3.63) is 52.9 Å². The van der Waals surface area contributed by atoms with Crippen LogP contribution in [0.5, 0.6) is 0 Å². The fourth-order valence-electron chi connectivity index (χ4n) is 2.19. The number of thioether (sulfide) groups is 1. The summed E-state index contributed by atoms with van der Waals surface area (Å²) in [7, 11) is 0. The molecule has 0 aliphatic carbocycles. The third-order valence-electron chi connectivity index (χ3n) is 3.59. The number of carbonyl (C=O) groups is 1. The Labute approximate surface area is 140 Å². The molecule has 1 aromatic carbocycles. The number of hydrogen-bond acceptors (Lipinski definition) is 5. The molecule has 0 saturated heterocycles. The van der Waals surface area contributed by atoms with E-state index in [1.807, 2.05) is 44.2 Å². The lowest BCUT2D eigenvalue weighted by Crippen LogP contribution is -2.27. The average molecular weight is 334 g/mol. The van der Waals surface area contributed by atoms with Crippen LogP contribution >= 0.6 is 11.8 Å². The first kappa shape index (κ1) is 17.6. The topological polar surface area (TPSA) is 75.4 Å². The van der Waals surface area contributed by atoms with Gasteiger partial charge in [0.15, 0.2) is 0 Å². The van der Waals surface area contributed by atoms with Crippen molar-refractivity contribution < 1.29 is 14.4 Å². The minimum atomic E-state index is -0.550. The maximum Gasteiger partial charge on any atom is 0.230 e. The number of rotatable bonds is 8. The van der Waals surface area contributed by atoms with E-state index < -0.39 is 6.10 Å². The summed E-state index contributed by atoms with van der Waals surface area (Å²) in [5.41, 5.74) is 2.80. The van der Waals surface area contributed by atoms with Gasteiger partial charge in [0.2, 0.25) is 5.91 Å². The maximum atomic E-state index is 11.8. The van der Waals surface area contributed by atoms with Gasteiger partial charge in [-0.05, 0) is 25.8 Å². The molecule has 1 unspecified atom stereocenters. The van der Waals surface area contributed by atoms with Crippen LogP contribution in [0.15, 0.2) is 34.9 Å². The van der Waals surface area contributed by atoms with Crippen LogP contribution in [-0.2, 0) is 10.5 Å². The molecule has 23 heavy (non-hydrogen) atoms. The Balaban J connectivity index is 1.64. The van der Waals surface area contributed by atoms with Gasteiger partial charge in [-0.2, -0.15) is 0 Å². The lowest BCUT2D eigenvalue weighted by molar-refractivity contribution is -0.118. The third kappa shape index (κ3) is 5.41. The molecule has 1 atom stereocenters. The molecule has 2 aromatic rings. The highest BCUT2D eigenvalue weighted by Gasteiger charge is 2.11. The number of carbonyl (C=O) groups excluding carboxylic acids is 1. The lowest BCUT2D eigenvalue weighted by atomic mass is 10.1. The monoisotopic (exact) mass is 334 g/mol. The molecule has 0 radical (unpaired) electrons. The number of nitrogens with one attached hydrogen (secondary N) is 1. The Kier molecular flexibility index (Phi) is 6.67. The molecular formula is C17H22N2O3S. The highest BCUT2D eigenvalue weighted by molar-refractivity contribution is 7.99. The van der Waals surface area contributed by atoms with Gasteiger partial charge in [-0.15, -0.1) is 11.8 Å². The number of aliphatic hydroxyl groups is 1. The number of hydrogen-bond donors (Lipinski definition) is 2. The molecule has 0 aliphatic rings. The SMILES string of the molecule is Cc1noc(C)c1CSCC(=O)NCCC(O)c1ccccc1. The summed E-state index contributed by atoms with van der Waals surface area (Å²) >= 11 is 1.53. The Morgan fingerprint density at radius 2 is 2.09 bits per heavy atom. The van der Waals surface area contributed by atoms with Crippen molar-refractivity contribution in [2.75, 3.05) is 12.3 Å². The van der Waals surface area contributed by atoms with Crippen molar-refractivity contribution >= 4 is 17.7 Å². The molecule has 2 N–H and O–H groups in total. The van der Waals surface area contributed by atoms with Gasteiger partial charge in [-0.3, -0.25) is 4.79 Å². The average Bonchev–Trinajstić information content (AvgIpc) is 2.87. The number of amides is 1. The van der Waals surface area contributed by atoms with E-state index in [-0.39, 0.29) is 5.91 Å². The minimum Gasteiger partial charge on any atom is -0.388 e. The van der Waals surface area contributed by atoms with Crippen LogP contribution in [0, 0.1) is 13.8 Å². The zero-order valence-electron chi connectivity index (χ0n) is 13.4. The number of nitrogens with zero attached hydrogens (tertiary/aromatic N) is 1. The van der Waals surface area contributed by atoms with Crippen LogP contribution in [0.2, 0.25) is 0 Å². The van der Waals surface area contributed by atoms with Crippen molar-refractivity contribution in [2.45, 2.75) is 32.1 Å². The number of aromatic nitrogens is 1. The largest absolute Gasteiger partial charge is 0.388 e. The Hall–Kier alpha value is -1.79. The van der Waals surface area contributed by atoms with Crippen LogP contribution in [0.25, 0.3) is 0 Å². The van der Waals surface area contributed by atoms with Gasteiger partial charge in [-0.25, -0.2) is 0 Å². The second-order valence-electron chi connectivity index (χ2n) is 5.36. The molecule has 0 spiro atoms. The summed E-state index contributed by atoms with van der Waals surface area (Å²) in [4.78, 5) is 11.8. The first-order chi connectivity index (χ1) is 11.1. The molecule has 1 aromatic heterocycles. The van der Waals surface area contributed by atoms with Crippen LogP contribution < -0.4 is 5.32 Å². The fraction of sp³-hybridized carbons (Fsp3) is 0.412. The summed E-state index contributed by atoms with van der Waals surface area (Å²) in [6.07, 6.45) is -0.0453. The number of benzene rings is 1. The Bertz CT molecular complexity index is 609. The molecule has 2 rings (SSSR count). The van der Waals surface area contributed by atoms with E-state index in [1.165, 1.54) is 11.8 Å². The first-order valence-corrected chi connectivity index (χ1v) is 8.72. The molecular weight excluding hydrogens is 312 g/mol. The maximum absolute atomic E-state index is 11.8. The van der Waals surface area contributed by atoms with Crippen molar-refractivity contribution in [3.8, 4) is 0 Å². The van der Waals surface area contributed by atoms with Gasteiger partial charge >= 0.3 is 0 Å². The summed E-state index contributed by atoms with van der Waals surface area (Å²) < 4.78 is 5.09. The second kappa shape index (κ2) is 8.74. The quantitative estimate of drug-likeness (QED) is 0.776. The standard InChI is InChI=1S/C17H22N2O3S/c1-12-15(13(2)22-19-12)10-23-11-17(21)18-9-8-16(20)14-6-4-3-5-7-14/h3-7,16,20H,8-11H2,1-2H3,(H,18,21). The summed E-state index contributed by atoms with van der Waals surface area (Å²) in [5.74, 6) is 1.87. The highest BCUT2D eigenvalue weighted by atomic mass is 32.2. The van der Waals surface area contributed by atoms with E-state index in [0.29, 0.717) is 24.5 Å². The van der Waals surface area contributed by atoms with Gasteiger partial charge in [-0.1, -0.05) is 35.5 Å². The highest BCUT2D eigenvalue weighted by Crippen LogP contribution is 2.19. The van der Waals surface area contributed by atoms with Crippen LogP contribution in [0.4, 0.5) is 0 Å². The van der Waals surface area contributed by atoms with Gasteiger partial charge in [0.05, 0.1) is 17.6 Å². The summed E-state index contributed by atoms with van der Waals surface area (Å²) in [5, 5.41) is 16.8. The molecule has 6 heteroatoms. The molecule has 0 saturated carbocycles. The van der Waals surface area contributed by atoms with Gasteiger partial charge in [0, 0.05) is 17.9 Å². The third-order valence-corrected chi connectivity index (χ3v) is 4.54. The van der Waals surface area contributed by atoms with Gasteiger partial charge < -0.3 is 14.9 Å². The zero-order chi connectivity index (χ0) is 16.7. The van der Waals surface area contributed by atoms with Gasteiger partial charge in [0.1, 0.15) is 5.76 Å². The van der Waals surface area contributed by atoms with E-state index in [4.69, 9.17) is 4.52 Å². The smallest absolute Gasteiger partial charge is 0.230 e. The van der Waals surface area contributed by atoms with E-state index in [2.05, 4.69) is 10.5 Å². The Morgan fingerprint density at radius 1 is 1.35 bits per heavy atom. The van der Waals surface area contributed by atoms with E-state index >= 15 is 0 Å². The van der Waals surface area contributed by atoms with E-state index in [0.717, 1.165) is 22.6 Å². The zero-order valence-corrected chi connectivity index (χ0v) is 14.2. The summed E-state index contributed by atoms with van der Waals surface area (Å²) in [6.45, 7) is 4.24. The predicted octanol–water partition coefficient (Wildman–Crippen LogP) is 2.76. The molecule has 0 aliphatic heterocycles. The lowest BCUT2D eigenvalue weighted by Gasteiger charge is -2.11. The van der Waals surface area contributed by atoms with Crippen LogP contribution in [-0.4, -0.2) is 28.5 Å². The van der Waals surface area contributed by atoms with Crippen molar-refractivity contribution in [1.82, 2.24) is 10.5 Å². The predicted molar refractivity (Wildman–Crippen MR) is 91.2 cm³/mol.